The van der Waals surface area contributed by atoms with Gasteiger partial charge in [-0.15, -0.1) is 0 Å². The van der Waals surface area contributed by atoms with Crippen molar-refractivity contribution in [3.8, 4) is 11.5 Å². The fourth-order valence-corrected chi connectivity index (χ4v) is 2.48. The Bertz CT molecular complexity index is 917. The lowest BCUT2D eigenvalue weighted by Crippen LogP contribution is -2.09. The zero-order valence-corrected chi connectivity index (χ0v) is 14.5. The number of benzene rings is 3. The molecule has 0 amide bonds. The van der Waals surface area contributed by atoms with Gasteiger partial charge in [0, 0.05) is 6.42 Å². The molecule has 0 radical (unpaired) electrons. The normalized spacial score (nSPS) is 10.2. The molecule has 0 atom stereocenters. The average Bonchev–Trinajstić information content (AvgIpc) is 2.69. The molecule has 0 aromatic heterocycles. The van der Waals surface area contributed by atoms with Crippen LogP contribution in [-0.2, 0) is 6.42 Å². The summed E-state index contributed by atoms with van der Waals surface area (Å²) < 4.78 is 11.0. The van der Waals surface area contributed by atoms with E-state index in [2.05, 4.69) is 0 Å². The summed E-state index contributed by atoms with van der Waals surface area (Å²) in [7, 11) is 0. The molecule has 0 aliphatic carbocycles. The van der Waals surface area contributed by atoms with E-state index in [1.807, 2.05) is 30.3 Å². The minimum Gasteiger partial charge on any atom is -0.493 e. The molecule has 3 aromatic rings. The van der Waals surface area contributed by atoms with Gasteiger partial charge >= 0.3 is 11.9 Å². The van der Waals surface area contributed by atoms with Crippen molar-refractivity contribution in [1.82, 2.24) is 0 Å². The number of hydrogen-bond acceptors (Lipinski definition) is 4. The maximum absolute atomic E-state index is 12.3. The molecule has 136 valence electrons. The molecule has 5 nitrogen and oxygen atoms in total. The van der Waals surface area contributed by atoms with Gasteiger partial charge in [0.2, 0.25) is 0 Å². The summed E-state index contributed by atoms with van der Waals surface area (Å²) in [4.78, 5) is 23.1. The average molecular weight is 362 g/mol. The number of hydrogen-bond donors (Lipinski definition) is 1. The quantitative estimate of drug-likeness (QED) is 0.503. The molecular formula is C22H18O5. The molecule has 0 unspecified atom stereocenters. The third-order valence-electron chi connectivity index (χ3n) is 3.88. The summed E-state index contributed by atoms with van der Waals surface area (Å²) in [6, 6.07) is 22.4. The first-order chi connectivity index (χ1) is 13.1. The van der Waals surface area contributed by atoms with Crippen LogP contribution in [0.5, 0.6) is 11.5 Å². The highest BCUT2D eigenvalue weighted by molar-refractivity contribution is 5.92. The van der Waals surface area contributed by atoms with Crippen LogP contribution in [0.15, 0.2) is 78.9 Å². The van der Waals surface area contributed by atoms with Crippen molar-refractivity contribution in [3.63, 3.8) is 0 Å². The first kappa shape index (κ1) is 18.2. The highest BCUT2D eigenvalue weighted by Gasteiger charge is 2.11. The first-order valence-electron chi connectivity index (χ1n) is 8.44. The molecule has 0 spiro atoms. The van der Waals surface area contributed by atoms with Crippen molar-refractivity contribution in [2.24, 2.45) is 0 Å². The Hall–Kier alpha value is -3.60. The summed E-state index contributed by atoms with van der Waals surface area (Å²) in [6.45, 7) is 0.499. The van der Waals surface area contributed by atoms with Gasteiger partial charge < -0.3 is 14.6 Å². The summed E-state index contributed by atoms with van der Waals surface area (Å²) in [5.74, 6) is -0.707. The predicted octanol–water partition coefficient (Wildman–Crippen LogP) is 4.23. The zero-order valence-electron chi connectivity index (χ0n) is 14.5. The van der Waals surface area contributed by atoms with Crippen LogP contribution in [0.1, 0.15) is 26.3 Å². The molecule has 5 heteroatoms. The van der Waals surface area contributed by atoms with Gasteiger partial charge in [0.1, 0.15) is 11.5 Å². The lowest BCUT2D eigenvalue weighted by molar-refractivity contribution is 0.0696. The van der Waals surface area contributed by atoms with Gasteiger partial charge in [0.05, 0.1) is 17.7 Å². The van der Waals surface area contributed by atoms with Crippen LogP contribution < -0.4 is 9.47 Å². The highest BCUT2D eigenvalue weighted by Crippen LogP contribution is 2.18. The van der Waals surface area contributed by atoms with E-state index in [1.54, 1.807) is 24.3 Å². The van der Waals surface area contributed by atoms with E-state index in [0.717, 1.165) is 6.42 Å². The molecule has 0 saturated carbocycles. The molecule has 0 fully saturated rings. The van der Waals surface area contributed by atoms with E-state index in [1.165, 1.54) is 29.8 Å². The van der Waals surface area contributed by atoms with Gasteiger partial charge in [0.15, 0.2) is 0 Å². The lowest BCUT2D eigenvalue weighted by Gasteiger charge is -2.08. The largest absolute Gasteiger partial charge is 0.493 e. The van der Waals surface area contributed by atoms with Crippen molar-refractivity contribution < 1.29 is 24.2 Å². The predicted molar refractivity (Wildman–Crippen MR) is 100 cm³/mol. The Morgan fingerprint density at radius 3 is 2.22 bits per heavy atom. The van der Waals surface area contributed by atoms with Crippen LogP contribution in [0.25, 0.3) is 0 Å². The Morgan fingerprint density at radius 2 is 1.52 bits per heavy atom. The molecule has 3 aromatic carbocycles. The minimum absolute atomic E-state index is 0.128. The second-order valence-electron chi connectivity index (χ2n) is 5.83. The number of carbonyl (C=O) groups excluding carboxylic acids is 1. The van der Waals surface area contributed by atoms with Crippen molar-refractivity contribution in [2.75, 3.05) is 6.61 Å². The van der Waals surface area contributed by atoms with Crippen molar-refractivity contribution in [1.29, 1.82) is 0 Å². The summed E-state index contributed by atoms with van der Waals surface area (Å²) >= 11 is 0. The number of esters is 1. The molecular weight excluding hydrogens is 344 g/mol. The van der Waals surface area contributed by atoms with Crippen LogP contribution in [0.2, 0.25) is 0 Å². The summed E-state index contributed by atoms with van der Waals surface area (Å²) in [6.07, 6.45) is 0.769. The Morgan fingerprint density at radius 1 is 0.778 bits per heavy atom. The molecule has 0 bridgehead atoms. The van der Waals surface area contributed by atoms with Crippen LogP contribution >= 0.6 is 0 Å². The number of carboxylic acid groups (broad SMARTS) is 1. The van der Waals surface area contributed by atoms with E-state index in [9.17, 15) is 9.59 Å². The molecule has 1 N–H and O–H groups in total. The Labute approximate surface area is 156 Å². The lowest BCUT2D eigenvalue weighted by atomic mass is 10.2. The van der Waals surface area contributed by atoms with Gasteiger partial charge in [-0.1, -0.05) is 36.4 Å². The Kier molecular flexibility index (Phi) is 5.84. The summed E-state index contributed by atoms with van der Waals surface area (Å²) in [5, 5.41) is 8.89. The SMILES string of the molecule is O=C(O)c1ccc(OC(=O)c2cccc(OCCc3ccccc3)c2)cc1. The monoisotopic (exact) mass is 362 g/mol. The van der Waals surface area contributed by atoms with Gasteiger partial charge in [-0.05, 0) is 48.0 Å². The molecule has 0 aliphatic rings. The number of aromatic carboxylic acids is 1. The number of ether oxygens (including phenoxy) is 2. The smallest absolute Gasteiger partial charge is 0.343 e. The third kappa shape index (κ3) is 5.19. The standard InChI is InChI=1S/C22H18O5/c23-21(24)17-9-11-19(12-10-17)27-22(25)18-7-4-8-20(15-18)26-14-13-16-5-2-1-3-6-16/h1-12,15H,13-14H2,(H,23,24). The van der Waals surface area contributed by atoms with Gasteiger partial charge in [-0.2, -0.15) is 0 Å². The van der Waals surface area contributed by atoms with Crippen molar-refractivity contribution in [2.45, 2.75) is 6.42 Å². The summed E-state index contributed by atoms with van der Waals surface area (Å²) in [5.41, 5.74) is 1.66. The Balaban J connectivity index is 1.58. The van der Waals surface area contributed by atoms with E-state index in [0.29, 0.717) is 17.9 Å². The van der Waals surface area contributed by atoms with Gasteiger partial charge in [-0.3, -0.25) is 0 Å². The second kappa shape index (κ2) is 8.67. The molecule has 27 heavy (non-hydrogen) atoms. The van der Waals surface area contributed by atoms with Crippen molar-refractivity contribution in [3.05, 3.63) is 95.6 Å². The van der Waals surface area contributed by atoms with Gasteiger partial charge in [0.25, 0.3) is 0 Å². The third-order valence-corrected chi connectivity index (χ3v) is 3.88. The number of rotatable bonds is 7. The molecule has 0 saturated heterocycles. The number of carbonyl (C=O) groups is 2. The van der Waals surface area contributed by atoms with Crippen LogP contribution in [-0.4, -0.2) is 23.7 Å². The van der Waals surface area contributed by atoms with Crippen LogP contribution in [0, 0.1) is 0 Å². The van der Waals surface area contributed by atoms with E-state index in [4.69, 9.17) is 14.6 Å². The first-order valence-corrected chi connectivity index (χ1v) is 8.44. The van der Waals surface area contributed by atoms with Gasteiger partial charge in [-0.25, -0.2) is 9.59 Å². The number of carboxylic acids is 1. The second-order valence-corrected chi connectivity index (χ2v) is 5.83. The maximum Gasteiger partial charge on any atom is 0.343 e. The topological polar surface area (TPSA) is 72.8 Å². The van der Waals surface area contributed by atoms with E-state index in [-0.39, 0.29) is 11.3 Å². The highest BCUT2D eigenvalue weighted by atomic mass is 16.5. The molecule has 0 heterocycles. The molecule has 3 rings (SSSR count). The fraction of sp³-hybridized carbons (Fsp3) is 0.0909. The van der Waals surface area contributed by atoms with E-state index < -0.39 is 11.9 Å². The van der Waals surface area contributed by atoms with Crippen molar-refractivity contribution >= 4 is 11.9 Å². The zero-order chi connectivity index (χ0) is 19.1. The maximum atomic E-state index is 12.3. The van der Waals surface area contributed by atoms with Crippen LogP contribution in [0.4, 0.5) is 0 Å². The van der Waals surface area contributed by atoms with E-state index >= 15 is 0 Å². The molecule has 0 aliphatic heterocycles. The fourth-order valence-electron chi connectivity index (χ4n) is 2.48. The van der Waals surface area contributed by atoms with Crippen LogP contribution in [0.3, 0.4) is 0 Å². The minimum atomic E-state index is -1.03.